The van der Waals surface area contributed by atoms with Gasteiger partial charge in [0, 0.05) is 30.3 Å². The van der Waals surface area contributed by atoms with Gasteiger partial charge in [-0.3, -0.25) is 4.98 Å². The maximum atomic E-state index is 11.9. The summed E-state index contributed by atoms with van der Waals surface area (Å²) in [6, 6.07) is 11.1. The number of pyridine rings is 1. The Morgan fingerprint density at radius 3 is 2.70 bits per heavy atom. The number of nitrogens with zero attached hydrogens (tertiary/aromatic N) is 1. The van der Waals surface area contributed by atoms with Crippen LogP contribution in [0.2, 0.25) is 5.02 Å². The van der Waals surface area contributed by atoms with E-state index in [-0.39, 0.29) is 17.7 Å². The molecule has 1 aromatic carbocycles. The molecule has 6 nitrogen and oxygen atoms in total. The van der Waals surface area contributed by atoms with E-state index in [9.17, 15) is 8.42 Å². The van der Waals surface area contributed by atoms with Gasteiger partial charge >= 0.3 is 0 Å². The van der Waals surface area contributed by atoms with Crippen LogP contribution in [0.3, 0.4) is 0 Å². The molecular formula is C19H23ClN2O4S. The fraction of sp³-hybridized carbons (Fsp3) is 0.421. The van der Waals surface area contributed by atoms with Crippen LogP contribution in [0.15, 0.2) is 42.6 Å². The van der Waals surface area contributed by atoms with E-state index in [1.807, 2.05) is 30.3 Å². The number of aromatic nitrogens is 1. The summed E-state index contributed by atoms with van der Waals surface area (Å²) in [5.41, 5.74) is 1.80. The number of benzene rings is 1. The molecule has 1 saturated heterocycles. The zero-order valence-electron chi connectivity index (χ0n) is 15.1. The summed E-state index contributed by atoms with van der Waals surface area (Å²) in [5.74, 6) is 0.756. The Morgan fingerprint density at radius 1 is 1.26 bits per heavy atom. The van der Waals surface area contributed by atoms with Gasteiger partial charge in [-0.05, 0) is 49.7 Å². The van der Waals surface area contributed by atoms with Gasteiger partial charge in [0.1, 0.15) is 5.75 Å². The minimum absolute atomic E-state index is 0.0299. The molecule has 1 aromatic heterocycles. The van der Waals surface area contributed by atoms with Gasteiger partial charge in [-0.25, -0.2) is 13.1 Å². The Bertz CT molecular complexity index is 841. The van der Waals surface area contributed by atoms with Crippen molar-refractivity contribution in [3.63, 3.8) is 0 Å². The predicted octanol–water partition coefficient (Wildman–Crippen LogP) is 3.13. The molecule has 0 unspecified atom stereocenters. The summed E-state index contributed by atoms with van der Waals surface area (Å²) < 4.78 is 37.9. The van der Waals surface area contributed by atoms with Crippen molar-refractivity contribution < 1.29 is 17.9 Å². The van der Waals surface area contributed by atoms with E-state index in [0.29, 0.717) is 31.3 Å². The van der Waals surface area contributed by atoms with Crippen LogP contribution in [-0.4, -0.2) is 45.0 Å². The molecule has 8 heteroatoms. The van der Waals surface area contributed by atoms with Gasteiger partial charge in [0.25, 0.3) is 0 Å². The number of rotatable bonds is 7. The third-order valence-electron chi connectivity index (χ3n) is 4.53. The van der Waals surface area contributed by atoms with E-state index in [1.165, 1.54) is 0 Å². The summed E-state index contributed by atoms with van der Waals surface area (Å²) in [7, 11) is -3.25. The Morgan fingerprint density at radius 2 is 2.04 bits per heavy atom. The second kappa shape index (κ2) is 9.01. The Kier molecular flexibility index (Phi) is 6.70. The number of halogens is 1. The first-order chi connectivity index (χ1) is 13.0. The van der Waals surface area contributed by atoms with Gasteiger partial charge < -0.3 is 9.47 Å². The fourth-order valence-corrected chi connectivity index (χ4v) is 3.95. The summed E-state index contributed by atoms with van der Waals surface area (Å²) in [4.78, 5) is 4.30. The maximum absolute atomic E-state index is 11.9. The average molecular weight is 411 g/mol. The normalized spacial score (nSPS) is 20.4. The van der Waals surface area contributed by atoms with E-state index < -0.39 is 10.0 Å². The van der Waals surface area contributed by atoms with Crippen molar-refractivity contribution in [3.8, 4) is 17.0 Å². The molecule has 2 heterocycles. The van der Waals surface area contributed by atoms with Crippen molar-refractivity contribution in [2.45, 2.75) is 19.4 Å². The predicted molar refractivity (Wildman–Crippen MR) is 105 cm³/mol. The van der Waals surface area contributed by atoms with Crippen LogP contribution in [0.4, 0.5) is 0 Å². The lowest BCUT2D eigenvalue weighted by Gasteiger charge is -2.31. The minimum atomic E-state index is -3.25. The third-order valence-corrected chi connectivity index (χ3v) is 6.17. The van der Waals surface area contributed by atoms with E-state index >= 15 is 0 Å². The van der Waals surface area contributed by atoms with Crippen molar-refractivity contribution in [1.82, 2.24) is 9.71 Å². The molecule has 0 radical (unpaired) electrons. The Hall–Kier alpha value is -1.67. The van der Waals surface area contributed by atoms with Gasteiger partial charge in [0.15, 0.2) is 0 Å². The summed E-state index contributed by atoms with van der Waals surface area (Å²) in [6.45, 7) is 3.04. The smallest absolute Gasteiger partial charge is 0.211 e. The first kappa shape index (κ1) is 20.1. The lowest BCUT2D eigenvalue weighted by atomic mass is 9.98. The maximum Gasteiger partial charge on any atom is 0.211 e. The van der Waals surface area contributed by atoms with Crippen LogP contribution in [0, 0.1) is 5.92 Å². The number of nitrogens with one attached hydrogen (secondary N) is 1. The van der Waals surface area contributed by atoms with Crippen molar-refractivity contribution in [1.29, 1.82) is 0 Å². The van der Waals surface area contributed by atoms with Crippen molar-refractivity contribution in [2.75, 3.05) is 25.6 Å². The highest BCUT2D eigenvalue weighted by Crippen LogP contribution is 2.23. The molecule has 27 heavy (non-hydrogen) atoms. The number of hydrogen-bond donors (Lipinski definition) is 1. The van der Waals surface area contributed by atoms with Crippen molar-refractivity contribution in [3.05, 3.63) is 47.6 Å². The molecule has 3 rings (SSSR count). The van der Waals surface area contributed by atoms with Gasteiger partial charge in [-0.15, -0.1) is 0 Å². The molecule has 1 fully saturated rings. The number of hydrogen-bond acceptors (Lipinski definition) is 5. The van der Waals surface area contributed by atoms with Gasteiger partial charge in [-0.1, -0.05) is 11.6 Å². The highest BCUT2D eigenvalue weighted by Gasteiger charge is 2.29. The summed E-state index contributed by atoms with van der Waals surface area (Å²) >= 11 is 5.87. The van der Waals surface area contributed by atoms with Crippen molar-refractivity contribution in [2.24, 2.45) is 5.92 Å². The molecule has 1 aliphatic rings. The van der Waals surface area contributed by atoms with Crippen LogP contribution in [0.25, 0.3) is 11.3 Å². The lowest BCUT2D eigenvalue weighted by molar-refractivity contribution is 0.0186. The molecule has 2 atom stereocenters. The van der Waals surface area contributed by atoms with E-state index in [1.54, 1.807) is 19.2 Å². The highest BCUT2D eigenvalue weighted by atomic mass is 35.5. The summed E-state index contributed by atoms with van der Waals surface area (Å²) in [6.07, 6.45) is 2.26. The minimum Gasteiger partial charge on any atom is -0.493 e. The second-order valence-corrected chi connectivity index (χ2v) is 8.93. The van der Waals surface area contributed by atoms with Crippen molar-refractivity contribution >= 4 is 21.6 Å². The second-order valence-electron chi connectivity index (χ2n) is 6.45. The first-order valence-electron chi connectivity index (χ1n) is 8.89. The molecule has 1 aliphatic heterocycles. The third kappa shape index (κ3) is 5.65. The molecule has 0 aliphatic carbocycles. The number of sulfonamides is 1. The van der Waals surface area contributed by atoms with Gasteiger partial charge in [-0.2, -0.15) is 0 Å². The molecule has 0 amide bonds. The standard InChI is InChI=1S/C19H23ClN2O4S/c1-2-27(23,24)22-19-9-10-25-12-15(19)13-26-17-6-3-14(4-7-17)18-8-5-16(20)11-21-18/h3-8,11,15,19,22H,2,9-10,12-13H2,1H3/t15-,19+/m0/s1. The lowest BCUT2D eigenvalue weighted by Crippen LogP contribution is -2.47. The van der Waals surface area contributed by atoms with Gasteiger partial charge in [0.05, 0.1) is 29.7 Å². The topological polar surface area (TPSA) is 77.5 Å². The first-order valence-corrected chi connectivity index (χ1v) is 10.9. The molecular weight excluding hydrogens is 388 g/mol. The quantitative estimate of drug-likeness (QED) is 0.758. The molecule has 2 aromatic rings. The Balaban J connectivity index is 1.60. The van der Waals surface area contributed by atoms with Crippen LogP contribution >= 0.6 is 11.6 Å². The average Bonchev–Trinajstić information content (AvgIpc) is 2.68. The van der Waals surface area contributed by atoms with E-state index in [2.05, 4.69) is 9.71 Å². The zero-order chi connectivity index (χ0) is 19.3. The monoisotopic (exact) mass is 410 g/mol. The SMILES string of the molecule is CCS(=O)(=O)N[C@@H]1CCOC[C@H]1COc1ccc(-c2ccc(Cl)cn2)cc1. The van der Waals surface area contributed by atoms with Crippen LogP contribution in [0.1, 0.15) is 13.3 Å². The van der Waals surface area contributed by atoms with Crippen LogP contribution < -0.4 is 9.46 Å². The molecule has 146 valence electrons. The largest absolute Gasteiger partial charge is 0.493 e. The van der Waals surface area contributed by atoms with Gasteiger partial charge in [0.2, 0.25) is 10.0 Å². The molecule has 0 saturated carbocycles. The molecule has 1 N–H and O–H groups in total. The number of ether oxygens (including phenoxy) is 2. The molecule has 0 bridgehead atoms. The highest BCUT2D eigenvalue weighted by molar-refractivity contribution is 7.89. The van der Waals surface area contributed by atoms with E-state index in [4.69, 9.17) is 21.1 Å². The fourth-order valence-electron chi connectivity index (χ4n) is 2.90. The van der Waals surface area contributed by atoms with Crippen LogP contribution in [-0.2, 0) is 14.8 Å². The van der Waals surface area contributed by atoms with Crippen LogP contribution in [0.5, 0.6) is 5.75 Å². The summed E-state index contributed by atoms with van der Waals surface area (Å²) in [5, 5.41) is 0.599. The van der Waals surface area contributed by atoms with E-state index in [0.717, 1.165) is 17.0 Å². The zero-order valence-corrected chi connectivity index (χ0v) is 16.7. The Labute approximate surface area is 164 Å². The molecule has 0 spiro atoms.